The summed E-state index contributed by atoms with van der Waals surface area (Å²) >= 11 is 0. The van der Waals surface area contributed by atoms with Crippen LogP contribution in [0.4, 0.5) is 10.5 Å². The Labute approximate surface area is 146 Å². The molecule has 0 bridgehead atoms. The zero-order valence-electron chi connectivity index (χ0n) is 14.6. The standard InChI is InChI=1S/C19H21N3O3/c1-19(2,3)25-18(24)22-11-14-4-5-16(10-15(14)12-22)21-17(23)13-6-8-20-9-7-13/h4-10H,11-12H2,1-3H3,(H,21,23). The number of hydrogen-bond acceptors (Lipinski definition) is 4. The highest BCUT2D eigenvalue weighted by Crippen LogP contribution is 2.27. The molecule has 1 N–H and O–H groups in total. The van der Waals surface area contributed by atoms with Gasteiger partial charge in [0.25, 0.3) is 5.91 Å². The summed E-state index contributed by atoms with van der Waals surface area (Å²) in [6.07, 6.45) is 2.83. The Bertz CT molecular complexity index is 797. The van der Waals surface area contributed by atoms with Gasteiger partial charge in [-0.15, -0.1) is 0 Å². The zero-order chi connectivity index (χ0) is 18.0. The smallest absolute Gasteiger partial charge is 0.410 e. The van der Waals surface area contributed by atoms with E-state index in [-0.39, 0.29) is 12.0 Å². The number of nitrogens with one attached hydrogen (secondary N) is 1. The topological polar surface area (TPSA) is 71.5 Å². The zero-order valence-corrected chi connectivity index (χ0v) is 14.6. The second-order valence-corrected chi connectivity index (χ2v) is 7.01. The number of carbonyl (C=O) groups is 2. The van der Waals surface area contributed by atoms with Crippen LogP contribution in [0.2, 0.25) is 0 Å². The first-order chi connectivity index (χ1) is 11.8. The van der Waals surface area contributed by atoms with Crippen LogP contribution in [0.25, 0.3) is 0 Å². The van der Waals surface area contributed by atoms with Crippen LogP contribution in [0.3, 0.4) is 0 Å². The fraction of sp³-hybridized carbons (Fsp3) is 0.316. The molecule has 3 rings (SSSR count). The van der Waals surface area contributed by atoms with Crippen LogP contribution in [-0.4, -0.2) is 27.5 Å². The number of amides is 2. The van der Waals surface area contributed by atoms with Gasteiger partial charge >= 0.3 is 6.09 Å². The molecule has 2 heterocycles. The number of benzene rings is 1. The molecule has 6 heteroatoms. The van der Waals surface area contributed by atoms with Crippen molar-refractivity contribution in [1.29, 1.82) is 0 Å². The first kappa shape index (κ1) is 17.0. The monoisotopic (exact) mass is 339 g/mol. The number of hydrogen-bond donors (Lipinski definition) is 1. The minimum Gasteiger partial charge on any atom is -0.444 e. The molecular formula is C19H21N3O3. The predicted octanol–water partition coefficient (Wildman–Crippen LogP) is 3.58. The molecule has 130 valence electrons. The molecule has 0 aliphatic carbocycles. The third-order valence-corrected chi connectivity index (χ3v) is 3.78. The summed E-state index contributed by atoms with van der Waals surface area (Å²) in [5, 5.41) is 2.87. The molecule has 0 saturated carbocycles. The molecule has 1 aromatic carbocycles. The molecular weight excluding hydrogens is 318 g/mol. The summed E-state index contributed by atoms with van der Waals surface area (Å²) in [6.45, 7) is 6.54. The van der Waals surface area contributed by atoms with Gasteiger partial charge in [-0.25, -0.2) is 4.79 Å². The minimum absolute atomic E-state index is 0.190. The van der Waals surface area contributed by atoms with Crippen LogP contribution in [0.5, 0.6) is 0 Å². The van der Waals surface area contributed by atoms with Crippen molar-refractivity contribution < 1.29 is 14.3 Å². The van der Waals surface area contributed by atoms with Gasteiger partial charge in [-0.3, -0.25) is 14.7 Å². The Balaban J connectivity index is 1.68. The van der Waals surface area contributed by atoms with Crippen molar-refractivity contribution >= 4 is 17.7 Å². The molecule has 2 aromatic rings. The molecule has 1 aliphatic heterocycles. The maximum atomic E-state index is 12.2. The van der Waals surface area contributed by atoms with Crippen LogP contribution in [0.1, 0.15) is 42.3 Å². The lowest BCUT2D eigenvalue weighted by molar-refractivity contribution is 0.0241. The molecule has 0 radical (unpaired) electrons. The third-order valence-electron chi connectivity index (χ3n) is 3.78. The highest BCUT2D eigenvalue weighted by atomic mass is 16.6. The van der Waals surface area contributed by atoms with Crippen LogP contribution in [0.15, 0.2) is 42.7 Å². The number of pyridine rings is 1. The average molecular weight is 339 g/mol. The van der Waals surface area contributed by atoms with Crippen LogP contribution in [-0.2, 0) is 17.8 Å². The molecule has 0 spiro atoms. The van der Waals surface area contributed by atoms with Crippen molar-refractivity contribution in [3.05, 3.63) is 59.4 Å². The molecule has 25 heavy (non-hydrogen) atoms. The number of fused-ring (bicyclic) bond motifs is 1. The van der Waals surface area contributed by atoms with Crippen molar-refractivity contribution in [3.8, 4) is 0 Å². The summed E-state index contributed by atoms with van der Waals surface area (Å²) in [5.41, 5.74) is 2.80. The van der Waals surface area contributed by atoms with Gasteiger partial charge in [-0.05, 0) is 56.2 Å². The molecule has 6 nitrogen and oxygen atoms in total. The SMILES string of the molecule is CC(C)(C)OC(=O)N1Cc2ccc(NC(=O)c3ccncc3)cc2C1. The van der Waals surface area contributed by atoms with Crippen molar-refractivity contribution in [2.45, 2.75) is 39.5 Å². The fourth-order valence-corrected chi connectivity index (χ4v) is 2.63. The van der Waals surface area contributed by atoms with E-state index in [4.69, 9.17) is 4.74 Å². The van der Waals surface area contributed by atoms with Gasteiger partial charge in [0.2, 0.25) is 0 Å². The lowest BCUT2D eigenvalue weighted by Crippen LogP contribution is -2.33. The normalized spacial score (nSPS) is 13.3. The lowest BCUT2D eigenvalue weighted by atomic mass is 10.1. The third kappa shape index (κ3) is 4.15. The molecule has 0 unspecified atom stereocenters. The number of nitrogens with zero attached hydrogens (tertiary/aromatic N) is 2. The van der Waals surface area contributed by atoms with Gasteiger partial charge in [-0.1, -0.05) is 6.07 Å². The van der Waals surface area contributed by atoms with E-state index in [0.29, 0.717) is 24.3 Å². The van der Waals surface area contributed by atoms with Gasteiger partial charge in [0.15, 0.2) is 0 Å². The number of anilines is 1. The Hall–Kier alpha value is -2.89. The second-order valence-electron chi connectivity index (χ2n) is 7.01. The van der Waals surface area contributed by atoms with Crippen LogP contribution >= 0.6 is 0 Å². The number of rotatable bonds is 2. The minimum atomic E-state index is -0.518. The van der Waals surface area contributed by atoms with Crippen molar-refractivity contribution in [2.24, 2.45) is 0 Å². The quantitative estimate of drug-likeness (QED) is 0.908. The largest absolute Gasteiger partial charge is 0.444 e. The van der Waals surface area contributed by atoms with E-state index >= 15 is 0 Å². The maximum absolute atomic E-state index is 12.2. The Morgan fingerprint density at radius 1 is 1.08 bits per heavy atom. The second kappa shape index (κ2) is 6.55. The van der Waals surface area contributed by atoms with Crippen LogP contribution in [0, 0.1) is 0 Å². The van der Waals surface area contributed by atoms with E-state index < -0.39 is 5.60 Å². The Morgan fingerprint density at radius 2 is 1.76 bits per heavy atom. The molecule has 0 fully saturated rings. The number of carbonyl (C=O) groups excluding carboxylic acids is 2. The van der Waals surface area contributed by atoms with Gasteiger partial charge < -0.3 is 10.1 Å². The van der Waals surface area contributed by atoms with Gasteiger partial charge in [-0.2, -0.15) is 0 Å². The summed E-state index contributed by atoms with van der Waals surface area (Å²) < 4.78 is 5.42. The van der Waals surface area contributed by atoms with Crippen molar-refractivity contribution in [3.63, 3.8) is 0 Å². The molecule has 1 aromatic heterocycles. The summed E-state index contributed by atoms with van der Waals surface area (Å²) in [6, 6.07) is 9.00. The highest BCUT2D eigenvalue weighted by Gasteiger charge is 2.27. The van der Waals surface area contributed by atoms with Gasteiger partial charge in [0, 0.05) is 36.7 Å². The first-order valence-corrected chi connectivity index (χ1v) is 8.13. The number of ether oxygens (including phenoxy) is 1. The maximum Gasteiger partial charge on any atom is 0.410 e. The van der Waals surface area contributed by atoms with Crippen LogP contribution < -0.4 is 5.32 Å². The molecule has 1 aliphatic rings. The van der Waals surface area contributed by atoms with E-state index in [0.717, 1.165) is 11.1 Å². The molecule has 2 amide bonds. The van der Waals surface area contributed by atoms with E-state index in [2.05, 4.69) is 10.3 Å². The van der Waals surface area contributed by atoms with E-state index in [9.17, 15) is 9.59 Å². The number of aromatic nitrogens is 1. The van der Waals surface area contributed by atoms with Gasteiger partial charge in [0.1, 0.15) is 5.60 Å². The Morgan fingerprint density at radius 3 is 2.44 bits per heavy atom. The summed E-state index contributed by atoms with van der Waals surface area (Å²) in [7, 11) is 0. The van der Waals surface area contributed by atoms with Crippen molar-refractivity contribution in [2.75, 3.05) is 5.32 Å². The van der Waals surface area contributed by atoms with E-state index in [1.807, 2.05) is 39.0 Å². The highest BCUT2D eigenvalue weighted by molar-refractivity contribution is 6.04. The lowest BCUT2D eigenvalue weighted by Gasteiger charge is -2.24. The molecule has 0 saturated heterocycles. The predicted molar refractivity (Wildman–Crippen MR) is 94.1 cm³/mol. The van der Waals surface area contributed by atoms with Gasteiger partial charge in [0.05, 0.1) is 0 Å². The fourth-order valence-electron chi connectivity index (χ4n) is 2.63. The molecule has 0 atom stereocenters. The Kier molecular flexibility index (Phi) is 4.44. The summed E-state index contributed by atoms with van der Waals surface area (Å²) in [4.78, 5) is 30.0. The first-order valence-electron chi connectivity index (χ1n) is 8.13. The summed E-state index contributed by atoms with van der Waals surface area (Å²) in [5.74, 6) is -0.190. The average Bonchev–Trinajstić information content (AvgIpc) is 2.97. The van der Waals surface area contributed by atoms with E-state index in [1.54, 1.807) is 29.4 Å². The van der Waals surface area contributed by atoms with Crippen molar-refractivity contribution in [1.82, 2.24) is 9.88 Å². The van der Waals surface area contributed by atoms with E-state index in [1.165, 1.54) is 0 Å².